The summed E-state index contributed by atoms with van der Waals surface area (Å²) in [6.07, 6.45) is 3.07. The molecule has 0 bridgehead atoms. The average molecular weight is 252 g/mol. The fourth-order valence-electron chi connectivity index (χ4n) is 0.686. The van der Waals surface area contributed by atoms with Gasteiger partial charge in [0, 0.05) is 18.0 Å². The molecular formula is C7H7KN3OS2+. The number of nitrogens with one attached hydrogen (secondary N) is 2. The molecule has 0 spiro atoms. The molecule has 0 atom stereocenters. The number of hydrazine groups is 1. The van der Waals surface area contributed by atoms with Crippen molar-refractivity contribution in [2.45, 2.75) is 0 Å². The molecule has 0 saturated carbocycles. The van der Waals surface area contributed by atoms with Gasteiger partial charge in [0.15, 0.2) is 0 Å². The number of thiol groups is 1. The number of thiocarbonyl (C=S) groups is 1. The number of carbonyl (C=O) groups excluding carboxylic acids is 1. The molecule has 1 amide bonds. The van der Waals surface area contributed by atoms with E-state index in [1.165, 1.54) is 12.4 Å². The van der Waals surface area contributed by atoms with Crippen LogP contribution < -0.4 is 62.2 Å². The van der Waals surface area contributed by atoms with Crippen molar-refractivity contribution in [3.05, 3.63) is 30.1 Å². The van der Waals surface area contributed by atoms with Crippen molar-refractivity contribution in [1.82, 2.24) is 15.8 Å². The quantitative estimate of drug-likeness (QED) is 0.224. The van der Waals surface area contributed by atoms with Gasteiger partial charge in [-0.1, -0.05) is 12.2 Å². The Hall–Kier alpha value is 0.496. The Kier molecular flexibility index (Phi) is 8.02. The SMILES string of the molecule is O=C(NNC(=S)S)c1ccncc1.[K+]. The van der Waals surface area contributed by atoms with Crippen LogP contribution in [0.3, 0.4) is 0 Å². The third-order valence-corrected chi connectivity index (χ3v) is 1.44. The second-order valence-corrected chi connectivity index (χ2v) is 3.28. The minimum atomic E-state index is -0.279. The van der Waals surface area contributed by atoms with Gasteiger partial charge in [-0.05, 0) is 12.1 Å². The van der Waals surface area contributed by atoms with E-state index in [0.29, 0.717) is 5.56 Å². The van der Waals surface area contributed by atoms with E-state index in [1.54, 1.807) is 12.1 Å². The minimum Gasteiger partial charge on any atom is -0.283 e. The predicted molar refractivity (Wildman–Crippen MR) is 56.4 cm³/mol. The molecule has 14 heavy (non-hydrogen) atoms. The van der Waals surface area contributed by atoms with E-state index in [4.69, 9.17) is 0 Å². The van der Waals surface area contributed by atoms with Gasteiger partial charge in [0.25, 0.3) is 5.91 Å². The van der Waals surface area contributed by atoms with Crippen molar-refractivity contribution in [3.8, 4) is 0 Å². The fourth-order valence-corrected chi connectivity index (χ4v) is 0.793. The zero-order valence-corrected chi connectivity index (χ0v) is 12.4. The van der Waals surface area contributed by atoms with Crippen LogP contribution in [0.25, 0.3) is 0 Å². The second kappa shape index (κ2) is 7.74. The molecule has 0 unspecified atom stereocenters. The van der Waals surface area contributed by atoms with Crippen molar-refractivity contribution in [2.75, 3.05) is 0 Å². The molecule has 0 fully saturated rings. The maximum Gasteiger partial charge on any atom is 1.00 e. The second-order valence-electron chi connectivity index (χ2n) is 2.12. The average Bonchev–Trinajstić information content (AvgIpc) is 2.15. The van der Waals surface area contributed by atoms with Crippen molar-refractivity contribution in [3.63, 3.8) is 0 Å². The summed E-state index contributed by atoms with van der Waals surface area (Å²) in [5, 5.41) is 0. The molecule has 0 aliphatic heterocycles. The molecule has 0 saturated heterocycles. The zero-order valence-electron chi connectivity index (χ0n) is 7.52. The molecule has 2 N–H and O–H groups in total. The molecule has 1 heterocycles. The largest absolute Gasteiger partial charge is 1.00 e. The molecule has 68 valence electrons. The number of rotatable bonds is 1. The molecule has 1 aromatic heterocycles. The van der Waals surface area contributed by atoms with Crippen molar-refractivity contribution >= 4 is 35.1 Å². The summed E-state index contributed by atoms with van der Waals surface area (Å²) in [7, 11) is 0. The van der Waals surface area contributed by atoms with Gasteiger partial charge in [0.05, 0.1) is 0 Å². The zero-order chi connectivity index (χ0) is 9.68. The Morgan fingerprint density at radius 1 is 1.36 bits per heavy atom. The molecule has 7 heteroatoms. The van der Waals surface area contributed by atoms with Crippen LogP contribution in [0.5, 0.6) is 0 Å². The number of carbonyl (C=O) groups is 1. The van der Waals surface area contributed by atoms with E-state index in [9.17, 15) is 4.79 Å². The number of pyridine rings is 1. The van der Waals surface area contributed by atoms with Crippen LogP contribution in [-0.4, -0.2) is 15.2 Å². The first-order valence-corrected chi connectivity index (χ1v) is 4.25. The Morgan fingerprint density at radius 3 is 2.43 bits per heavy atom. The van der Waals surface area contributed by atoms with Crippen LogP contribution >= 0.6 is 24.8 Å². The number of nitrogens with zero attached hydrogens (tertiary/aromatic N) is 1. The number of aromatic nitrogens is 1. The predicted octanol–water partition coefficient (Wildman–Crippen LogP) is -2.47. The van der Waals surface area contributed by atoms with E-state index in [1.807, 2.05) is 0 Å². The van der Waals surface area contributed by atoms with E-state index < -0.39 is 0 Å². The van der Waals surface area contributed by atoms with Gasteiger partial charge in [-0.2, -0.15) is 0 Å². The molecule has 1 aromatic rings. The van der Waals surface area contributed by atoms with Gasteiger partial charge in [-0.3, -0.25) is 20.6 Å². The number of amides is 1. The monoisotopic (exact) mass is 252 g/mol. The topological polar surface area (TPSA) is 54.0 Å². The van der Waals surface area contributed by atoms with Gasteiger partial charge in [-0.25, -0.2) is 0 Å². The fraction of sp³-hybridized carbons (Fsp3) is 0. The van der Waals surface area contributed by atoms with Gasteiger partial charge < -0.3 is 0 Å². The summed E-state index contributed by atoms with van der Waals surface area (Å²) >= 11 is 8.37. The van der Waals surface area contributed by atoms with Crippen molar-refractivity contribution < 1.29 is 56.2 Å². The maximum atomic E-state index is 11.3. The van der Waals surface area contributed by atoms with Gasteiger partial charge in [0.2, 0.25) is 0 Å². The van der Waals surface area contributed by atoms with E-state index in [0.717, 1.165) is 0 Å². The summed E-state index contributed by atoms with van der Waals surface area (Å²) in [5.74, 6) is -0.279. The first-order valence-electron chi connectivity index (χ1n) is 3.39. The van der Waals surface area contributed by atoms with Gasteiger partial charge in [-0.15, -0.1) is 12.6 Å². The van der Waals surface area contributed by atoms with Crippen LogP contribution in [0.15, 0.2) is 24.5 Å². The third-order valence-electron chi connectivity index (χ3n) is 1.23. The van der Waals surface area contributed by atoms with Crippen LogP contribution in [0, 0.1) is 0 Å². The van der Waals surface area contributed by atoms with Crippen LogP contribution in [-0.2, 0) is 0 Å². The summed E-state index contributed by atoms with van der Waals surface area (Å²) in [6.45, 7) is 0. The van der Waals surface area contributed by atoms with Crippen molar-refractivity contribution in [2.24, 2.45) is 0 Å². The van der Waals surface area contributed by atoms with Gasteiger partial charge in [0.1, 0.15) is 4.32 Å². The smallest absolute Gasteiger partial charge is 0.283 e. The third kappa shape index (κ3) is 5.40. The molecular weight excluding hydrogens is 245 g/mol. The normalized spacial score (nSPS) is 8.36. The molecule has 0 radical (unpaired) electrons. The number of hydrogen-bond acceptors (Lipinski definition) is 3. The van der Waals surface area contributed by atoms with Gasteiger partial charge >= 0.3 is 51.4 Å². The van der Waals surface area contributed by atoms with Crippen LogP contribution in [0.2, 0.25) is 0 Å². The molecule has 0 aliphatic carbocycles. The molecule has 0 aromatic carbocycles. The molecule has 4 nitrogen and oxygen atoms in total. The molecule has 1 rings (SSSR count). The first-order chi connectivity index (χ1) is 6.20. The van der Waals surface area contributed by atoms with Crippen LogP contribution in [0.4, 0.5) is 0 Å². The first kappa shape index (κ1) is 14.5. The molecule has 0 aliphatic rings. The summed E-state index contributed by atoms with van der Waals surface area (Å²) in [6, 6.07) is 3.19. The standard InChI is InChI=1S/C7H7N3OS2.K/c11-6(9-10-7(12)13)5-1-3-8-4-2-5;/h1-4H,(H,9,11)(H2,10,12,13);/q;+1. The Balaban J connectivity index is 0.00000169. The van der Waals surface area contributed by atoms with E-state index in [2.05, 4.69) is 40.7 Å². The summed E-state index contributed by atoms with van der Waals surface area (Å²) in [5.41, 5.74) is 5.29. The number of hydrogen-bond donors (Lipinski definition) is 3. The minimum absolute atomic E-state index is 0. The maximum absolute atomic E-state index is 11.3. The van der Waals surface area contributed by atoms with E-state index >= 15 is 0 Å². The van der Waals surface area contributed by atoms with Crippen molar-refractivity contribution in [1.29, 1.82) is 0 Å². The van der Waals surface area contributed by atoms with Crippen LogP contribution in [0.1, 0.15) is 10.4 Å². The Morgan fingerprint density at radius 2 is 1.93 bits per heavy atom. The summed E-state index contributed by atoms with van der Waals surface area (Å²) < 4.78 is 0.211. The Bertz CT molecular complexity index is 320. The Labute approximate surface area is 135 Å². The van der Waals surface area contributed by atoms with E-state index in [-0.39, 0.29) is 61.6 Å². The summed E-state index contributed by atoms with van der Waals surface area (Å²) in [4.78, 5) is 15.0.